The maximum absolute atomic E-state index is 11.0. The average Bonchev–Trinajstić information content (AvgIpc) is 1.62. The van der Waals surface area contributed by atoms with Gasteiger partial charge in [0.2, 0.25) is 0 Å². The van der Waals surface area contributed by atoms with E-state index < -0.39 is 11.9 Å². The minimum absolute atomic E-state index is 0.0694. The van der Waals surface area contributed by atoms with Crippen LogP contribution in [0.3, 0.4) is 0 Å². The number of alkyl halides is 3. The van der Waals surface area contributed by atoms with E-state index in [4.69, 9.17) is 0 Å². The van der Waals surface area contributed by atoms with E-state index in [0.717, 1.165) is 0 Å². The van der Waals surface area contributed by atoms with Gasteiger partial charge in [0, 0.05) is 0 Å². The molecule has 0 aliphatic carbocycles. The second kappa shape index (κ2) is 2.34. The molecule has 0 N–H and O–H groups in total. The first-order valence-corrected chi connectivity index (χ1v) is 2.02. The van der Waals surface area contributed by atoms with Gasteiger partial charge in [0.15, 0.2) is 0 Å². The number of hydrogen-bond donors (Lipinski definition) is 0. The summed E-state index contributed by atoms with van der Waals surface area (Å²) in [5, 5.41) is 0. The molecular weight excluding hydrogens is 140 g/mol. The number of carbonyl (C=O) groups excluding carboxylic acids is 1. The zero-order valence-corrected chi connectivity index (χ0v) is 4.34. The van der Waals surface area contributed by atoms with Gasteiger partial charge >= 0.3 is 48.0 Å². The van der Waals surface area contributed by atoms with Crippen LogP contribution in [-0.2, 0) is 4.79 Å². The third-order valence-electron chi connectivity index (χ3n) is 0.386. The molecule has 8 heavy (non-hydrogen) atoms. The van der Waals surface area contributed by atoms with Gasteiger partial charge < -0.3 is 0 Å². The molecule has 0 radical (unpaired) electrons. The van der Waals surface area contributed by atoms with Crippen LogP contribution in [0.15, 0.2) is 0 Å². The Kier molecular flexibility index (Phi) is 2.27. The van der Waals surface area contributed by atoms with E-state index in [9.17, 15) is 18.0 Å². The Morgan fingerprint density at radius 2 is 1.88 bits per heavy atom. The molecule has 0 spiro atoms. The van der Waals surface area contributed by atoms with E-state index in [2.05, 4.69) is 12.1 Å². The van der Waals surface area contributed by atoms with Crippen LogP contribution in [0.5, 0.6) is 0 Å². The standard InChI is InChI=1S/C2BF3OS/c4-2(5,6)1(7)3-8. The van der Waals surface area contributed by atoms with Crippen LogP contribution in [-0.4, -0.2) is 18.0 Å². The summed E-state index contributed by atoms with van der Waals surface area (Å²) in [6, 6.07) is 0. The normalized spacial score (nSPS) is 10.4. The second-order valence-electron chi connectivity index (χ2n) is 0.980. The van der Waals surface area contributed by atoms with Crippen molar-refractivity contribution >= 4 is 23.9 Å². The van der Waals surface area contributed by atoms with Crippen molar-refractivity contribution in [2.45, 2.75) is 6.18 Å². The van der Waals surface area contributed by atoms with Gasteiger partial charge in [0.1, 0.15) is 0 Å². The first kappa shape index (κ1) is 7.74. The van der Waals surface area contributed by atoms with Crippen molar-refractivity contribution < 1.29 is 18.0 Å². The molecule has 1 nitrogen and oxygen atoms in total. The van der Waals surface area contributed by atoms with Gasteiger partial charge in [-0.1, -0.05) is 0 Å². The Morgan fingerprint density at radius 1 is 1.50 bits per heavy atom. The van der Waals surface area contributed by atoms with Gasteiger partial charge in [0.25, 0.3) is 0 Å². The molecule has 0 aliphatic heterocycles. The summed E-state index contributed by atoms with van der Waals surface area (Å²) in [5.41, 5.74) is -1.98. The van der Waals surface area contributed by atoms with Crippen molar-refractivity contribution in [3.05, 3.63) is 0 Å². The molecule has 0 unspecified atom stereocenters. The first-order valence-electron chi connectivity index (χ1n) is 1.55. The van der Waals surface area contributed by atoms with Gasteiger partial charge in [-0.25, -0.2) is 0 Å². The first-order chi connectivity index (χ1) is 3.48. The summed E-state index contributed by atoms with van der Waals surface area (Å²) < 4.78 is 33.0. The van der Waals surface area contributed by atoms with Crippen LogP contribution in [0.4, 0.5) is 13.2 Å². The van der Waals surface area contributed by atoms with Gasteiger partial charge in [-0.05, 0) is 0 Å². The molecule has 0 bridgehead atoms. The number of halogens is 3. The molecule has 0 saturated carbocycles. The van der Waals surface area contributed by atoms with Crippen LogP contribution < -0.4 is 0 Å². The quantitative estimate of drug-likeness (QED) is 0.503. The Balaban J connectivity index is 4.02. The molecule has 0 aromatic heterocycles. The van der Waals surface area contributed by atoms with E-state index in [1.807, 2.05) is 0 Å². The predicted octanol–water partition coefficient (Wildman–Crippen LogP) is 0.892. The van der Waals surface area contributed by atoms with Gasteiger partial charge in [-0.15, -0.1) is 0 Å². The zero-order chi connectivity index (χ0) is 6.78. The molecule has 0 fully saturated rings. The molecule has 0 atom stereocenters. The molecular formula is C2BF3OS. The monoisotopic (exact) mass is 140 g/mol. The Bertz CT molecular complexity index is 119. The van der Waals surface area contributed by atoms with E-state index in [1.165, 1.54) is 0 Å². The molecule has 44 valence electrons. The third kappa shape index (κ3) is 2.16. The van der Waals surface area contributed by atoms with Crippen molar-refractivity contribution in [3.63, 3.8) is 0 Å². The summed E-state index contributed by atoms with van der Waals surface area (Å²) in [4.78, 5) is 9.55. The summed E-state index contributed by atoms with van der Waals surface area (Å²) in [6.07, 6.45) is -4.72. The second-order valence-corrected chi connectivity index (χ2v) is 1.22. The minimum atomic E-state index is -4.79. The van der Waals surface area contributed by atoms with E-state index in [0.29, 0.717) is 0 Å². The zero-order valence-electron chi connectivity index (χ0n) is 3.53. The predicted molar refractivity (Wildman–Crippen MR) is 24.4 cm³/mol. The van der Waals surface area contributed by atoms with Crippen LogP contribution >= 0.6 is 12.1 Å². The average molecular weight is 140 g/mol. The number of rotatable bonds is 1. The van der Waals surface area contributed by atoms with E-state index in [1.54, 1.807) is 0 Å². The summed E-state index contributed by atoms with van der Waals surface area (Å²) >= 11 is 3.73. The fourth-order valence-corrected chi connectivity index (χ4v) is 0.200. The van der Waals surface area contributed by atoms with Crippen LogP contribution in [0, 0.1) is 0 Å². The fraction of sp³-hybridized carbons (Fsp3) is 0.500. The van der Waals surface area contributed by atoms with Crippen LogP contribution in [0.1, 0.15) is 0 Å². The third-order valence-corrected chi connectivity index (χ3v) is 0.601. The van der Waals surface area contributed by atoms with E-state index in [-0.39, 0.29) is 6.15 Å². The SMILES string of the molecule is O=C(B=S)C(F)(F)F. The summed E-state index contributed by atoms with van der Waals surface area (Å²) in [6.45, 7) is 0. The maximum atomic E-state index is 11.0. The van der Waals surface area contributed by atoms with Gasteiger partial charge in [-0.2, -0.15) is 0 Å². The Hall–Kier alpha value is -0.255. The Labute approximate surface area is 49.0 Å². The molecule has 0 rings (SSSR count). The molecule has 0 heterocycles. The topological polar surface area (TPSA) is 17.1 Å². The van der Waals surface area contributed by atoms with Crippen LogP contribution in [0.25, 0.3) is 0 Å². The number of carbonyl (C=O) groups is 1. The Morgan fingerprint density at radius 3 is 1.88 bits per heavy atom. The van der Waals surface area contributed by atoms with Crippen molar-refractivity contribution in [1.29, 1.82) is 0 Å². The van der Waals surface area contributed by atoms with Crippen LogP contribution in [0.2, 0.25) is 0 Å². The molecule has 6 heteroatoms. The molecule has 0 aromatic carbocycles. The summed E-state index contributed by atoms with van der Waals surface area (Å²) in [7, 11) is 0. The molecule has 0 amide bonds. The number of hydrogen-bond acceptors (Lipinski definition) is 2. The molecule has 0 saturated heterocycles. The molecule has 0 aromatic rings. The van der Waals surface area contributed by atoms with Gasteiger partial charge in [-0.3, -0.25) is 0 Å². The van der Waals surface area contributed by atoms with Gasteiger partial charge in [0.05, 0.1) is 0 Å². The van der Waals surface area contributed by atoms with Crippen molar-refractivity contribution in [2.24, 2.45) is 0 Å². The fourth-order valence-electron chi connectivity index (χ4n) is 0.0668. The van der Waals surface area contributed by atoms with Crippen molar-refractivity contribution in [1.82, 2.24) is 0 Å². The van der Waals surface area contributed by atoms with E-state index >= 15 is 0 Å². The van der Waals surface area contributed by atoms with Crippen molar-refractivity contribution in [3.8, 4) is 0 Å². The van der Waals surface area contributed by atoms with Crippen molar-refractivity contribution in [2.75, 3.05) is 0 Å². The summed E-state index contributed by atoms with van der Waals surface area (Å²) in [5.74, 6) is 0. The molecule has 0 aliphatic rings.